The van der Waals surface area contributed by atoms with Crippen molar-refractivity contribution in [2.75, 3.05) is 6.61 Å². The zero-order valence-electron chi connectivity index (χ0n) is 49.4. The summed E-state index contributed by atoms with van der Waals surface area (Å²) < 4.78 is 16.3. The van der Waals surface area contributed by atoms with Crippen molar-refractivity contribution in [2.45, 2.75) is 143 Å². The molecule has 3 aliphatic heterocycles. The van der Waals surface area contributed by atoms with E-state index in [0.29, 0.717) is 38.5 Å². The Bertz CT molecular complexity index is 3200. The molecule has 6 aromatic rings. The van der Waals surface area contributed by atoms with Gasteiger partial charge in [0.25, 0.3) is 5.91 Å². The van der Waals surface area contributed by atoms with E-state index in [1.165, 1.54) is 15.4 Å². The summed E-state index contributed by atoms with van der Waals surface area (Å²) in [7, 11) is 0. The minimum atomic E-state index is -0.703. The van der Waals surface area contributed by atoms with Gasteiger partial charge < -0.3 is 24.4 Å². The number of nitrogens with zero attached hydrogens (tertiary/aromatic N) is 3. The maximum Gasteiger partial charge on any atom is 0.417 e. The van der Waals surface area contributed by atoms with Crippen LogP contribution in [-0.2, 0) is 47.9 Å². The van der Waals surface area contributed by atoms with E-state index in [1.807, 2.05) is 143 Å². The van der Waals surface area contributed by atoms with E-state index in [1.54, 1.807) is 41.5 Å². The molecule has 3 heterocycles. The van der Waals surface area contributed by atoms with Gasteiger partial charge in [-0.3, -0.25) is 14.4 Å². The second kappa shape index (κ2) is 27.1. The van der Waals surface area contributed by atoms with Crippen molar-refractivity contribution in [2.24, 2.45) is 11.8 Å². The summed E-state index contributed by atoms with van der Waals surface area (Å²) in [5.74, 6) is -1.72. The fourth-order valence-corrected chi connectivity index (χ4v) is 10.3. The lowest BCUT2D eigenvalue weighted by Gasteiger charge is -2.27. The van der Waals surface area contributed by atoms with Gasteiger partial charge in [0.05, 0.1) is 30.4 Å². The molecule has 2 N–H and O–H groups in total. The number of imide groups is 3. The highest BCUT2D eigenvalue weighted by molar-refractivity contribution is 6.05. The first-order valence-electron chi connectivity index (χ1n) is 28.4. The van der Waals surface area contributed by atoms with E-state index >= 15 is 0 Å². The summed E-state index contributed by atoms with van der Waals surface area (Å²) >= 11 is 0. The zero-order valence-corrected chi connectivity index (χ0v) is 49.4. The molecule has 5 atom stereocenters. The highest BCUT2D eigenvalue weighted by Crippen LogP contribution is 2.33. The molecular weight excluding hydrogens is 1050 g/mol. The third-order valence-corrected chi connectivity index (χ3v) is 14.2. The van der Waals surface area contributed by atoms with Gasteiger partial charge in [-0.05, 0) is 144 Å². The summed E-state index contributed by atoms with van der Waals surface area (Å²) in [6, 6.07) is 54.0. The maximum atomic E-state index is 12.6. The largest absolute Gasteiger partial charge is 0.515 e. The van der Waals surface area contributed by atoms with Crippen LogP contribution in [0.5, 0.6) is 0 Å². The number of amides is 6. The molecule has 436 valence electrons. The summed E-state index contributed by atoms with van der Waals surface area (Å²) in [6.45, 7) is 17.6. The summed E-state index contributed by atoms with van der Waals surface area (Å²) in [5.41, 5.74) is 8.17. The van der Waals surface area contributed by atoms with Crippen LogP contribution >= 0.6 is 0 Å². The van der Waals surface area contributed by atoms with Crippen LogP contribution in [0.15, 0.2) is 176 Å². The number of hydrogen-bond donors (Lipinski definition) is 2. The molecule has 0 aliphatic carbocycles. The standard InChI is InChI=1S/C23H27NO4.C23H25NO4.C23H27NO3/c2*1-23(2,3)28-22(27)24-20(14-19(15-25)21(24)26)13-16-9-11-18(12-10-16)17-7-5-4-6-8-17;1-16-14-20(24(21(16)25)22(26)27-23(2,3)4)15-17-10-12-19(13-11-17)18-8-6-5-7-9-18/h4-12,19-20,25H,13-15H2,1-3H3;4-12,15,20,25H,13-14H2,1-3H3;5-13,16,20H,14-15H2,1-4H3/t19?,20-;20-;16?,20-/m110/s1. The quantitative estimate of drug-likeness (QED) is 0.0757. The minimum absolute atomic E-state index is 0.143. The molecule has 14 heteroatoms. The molecule has 0 radical (unpaired) electrons. The normalized spacial score (nSPS) is 19.4. The molecule has 3 fully saturated rings. The van der Waals surface area contributed by atoms with E-state index in [0.717, 1.165) is 55.7 Å². The van der Waals surface area contributed by atoms with E-state index in [4.69, 9.17) is 14.2 Å². The average Bonchev–Trinajstić information content (AvgIpc) is 4.01. The number of benzene rings is 6. The van der Waals surface area contributed by atoms with Crippen LogP contribution in [0.3, 0.4) is 0 Å². The number of carbonyl (C=O) groups is 6. The fraction of sp³-hybridized carbons (Fsp3) is 0.362. The second-order valence-corrected chi connectivity index (χ2v) is 24.4. The van der Waals surface area contributed by atoms with Gasteiger partial charge in [0, 0.05) is 24.4 Å². The van der Waals surface area contributed by atoms with Crippen molar-refractivity contribution in [3.8, 4) is 33.4 Å². The lowest BCUT2D eigenvalue weighted by Crippen LogP contribution is -2.43. The number of ether oxygens (including phenoxy) is 3. The van der Waals surface area contributed by atoms with Gasteiger partial charge in [0.15, 0.2) is 0 Å². The summed E-state index contributed by atoms with van der Waals surface area (Å²) in [6.07, 6.45) is 2.02. The van der Waals surface area contributed by atoms with Gasteiger partial charge in [0.2, 0.25) is 11.8 Å². The molecular formula is C69H79N3O11. The molecule has 3 saturated heterocycles. The third-order valence-electron chi connectivity index (χ3n) is 14.2. The molecule has 2 unspecified atom stereocenters. The number of hydrogen-bond acceptors (Lipinski definition) is 11. The Balaban J connectivity index is 0.000000179. The van der Waals surface area contributed by atoms with Crippen molar-refractivity contribution in [3.05, 3.63) is 192 Å². The van der Waals surface area contributed by atoms with Crippen molar-refractivity contribution >= 4 is 36.0 Å². The molecule has 0 bridgehead atoms. The van der Waals surface area contributed by atoms with Crippen molar-refractivity contribution in [1.29, 1.82) is 0 Å². The first kappa shape index (κ1) is 62.2. The monoisotopic (exact) mass is 1130 g/mol. The van der Waals surface area contributed by atoms with Crippen LogP contribution in [-0.4, -0.2) is 102 Å². The predicted molar refractivity (Wildman–Crippen MR) is 322 cm³/mol. The summed E-state index contributed by atoms with van der Waals surface area (Å²) in [4.78, 5) is 78.9. The van der Waals surface area contributed by atoms with E-state index < -0.39 is 46.9 Å². The number of aliphatic hydroxyl groups excluding tert-OH is 2. The van der Waals surface area contributed by atoms with Gasteiger partial charge in [-0.1, -0.05) is 171 Å². The Kier molecular flexibility index (Phi) is 20.4. The SMILES string of the molecule is CC(C)(C)OC(=O)N1C(=O)C(=CO)C[C@H]1Cc1ccc(-c2ccccc2)cc1.CC(C)(C)OC(=O)N1C(=O)C(CO)C[C@H]1Cc1ccc(-c2ccccc2)cc1.CC1C[C@@H](Cc2ccc(-c3ccccc3)cc2)N(C(=O)OC(C)(C)C)C1=O. The topological polar surface area (TPSA) is 180 Å². The highest BCUT2D eigenvalue weighted by Gasteiger charge is 2.46. The fourth-order valence-electron chi connectivity index (χ4n) is 10.3. The number of rotatable bonds is 10. The van der Waals surface area contributed by atoms with Gasteiger partial charge in [-0.15, -0.1) is 0 Å². The van der Waals surface area contributed by atoms with Crippen LogP contribution in [0, 0.1) is 11.8 Å². The maximum absolute atomic E-state index is 12.6. The Morgan fingerprint density at radius 3 is 1.11 bits per heavy atom. The Labute approximate surface area is 488 Å². The average molecular weight is 1130 g/mol. The van der Waals surface area contributed by atoms with Crippen LogP contribution in [0.25, 0.3) is 33.4 Å². The molecule has 0 aromatic heterocycles. The predicted octanol–water partition coefficient (Wildman–Crippen LogP) is 14.0. The summed E-state index contributed by atoms with van der Waals surface area (Å²) in [5, 5.41) is 18.9. The lowest BCUT2D eigenvalue weighted by molar-refractivity contribution is -0.132. The number of carbonyl (C=O) groups excluding carboxylic acids is 6. The lowest BCUT2D eigenvalue weighted by atomic mass is 9.98. The minimum Gasteiger partial charge on any atom is -0.515 e. The second-order valence-electron chi connectivity index (χ2n) is 24.4. The van der Waals surface area contributed by atoms with Crippen molar-refractivity contribution in [1.82, 2.24) is 14.7 Å². The van der Waals surface area contributed by atoms with Crippen molar-refractivity contribution in [3.63, 3.8) is 0 Å². The molecule has 9 rings (SSSR count). The van der Waals surface area contributed by atoms with Crippen LogP contribution in [0.2, 0.25) is 0 Å². The van der Waals surface area contributed by atoms with Gasteiger partial charge in [0.1, 0.15) is 16.8 Å². The van der Waals surface area contributed by atoms with Crippen LogP contribution < -0.4 is 0 Å². The molecule has 14 nitrogen and oxygen atoms in total. The first-order valence-corrected chi connectivity index (χ1v) is 28.4. The van der Waals surface area contributed by atoms with Crippen LogP contribution in [0.4, 0.5) is 14.4 Å². The van der Waals surface area contributed by atoms with E-state index in [9.17, 15) is 39.0 Å². The molecule has 0 saturated carbocycles. The zero-order chi connectivity index (χ0) is 60.2. The smallest absolute Gasteiger partial charge is 0.417 e. The Morgan fingerprint density at radius 1 is 0.458 bits per heavy atom. The van der Waals surface area contributed by atoms with Gasteiger partial charge in [-0.25, -0.2) is 29.1 Å². The van der Waals surface area contributed by atoms with E-state index in [2.05, 4.69) is 48.5 Å². The first-order chi connectivity index (χ1) is 39.3. The van der Waals surface area contributed by atoms with Crippen molar-refractivity contribution < 1.29 is 53.2 Å². The number of likely N-dealkylation sites (tertiary alicyclic amines) is 3. The van der Waals surface area contributed by atoms with Gasteiger partial charge in [-0.2, -0.15) is 0 Å². The van der Waals surface area contributed by atoms with E-state index in [-0.39, 0.29) is 48.0 Å². The Hall–Kier alpha value is -8.36. The molecule has 83 heavy (non-hydrogen) atoms. The third kappa shape index (κ3) is 17.1. The van der Waals surface area contributed by atoms with Crippen LogP contribution in [0.1, 0.15) is 105 Å². The molecule has 3 aliphatic rings. The number of aliphatic hydroxyl groups is 2. The molecule has 6 aromatic carbocycles. The molecule has 6 amide bonds. The highest BCUT2D eigenvalue weighted by atomic mass is 16.6. The van der Waals surface area contributed by atoms with Gasteiger partial charge >= 0.3 is 18.3 Å². The molecule has 0 spiro atoms. The Morgan fingerprint density at radius 2 is 0.771 bits per heavy atom.